The minimum atomic E-state index is -4.40. The van der Waals surface area contributed by atoms with Gasteiger partial charge < -0.3 is 20.0 Å². The summed E-state index contributed by atoms with van der Waals surface area (Å²) in [6, 6.07) is 20.2. The van der Waals surface area contributed by atoms with E-state index >= 15 is 0 Å². The molecule has 2 aliphatic heterocycles. The number of thiocarbonyl (C=S) groups is 1. The van der Waals surface area contributed by atoms with Crippen LogP contribution in [0, 0.1) is 0 Å². The number of benzodiazepines with no additional fused rings is 1. The number of nitrogens with one attached hydrogen (secondary N) is 1. The molecule has 0 radical (unpaired) electrons. The minimum Gasteiger partial charge on any atom is -0.368 e. The smallest absolute Gasteiger partial charge is 0.368 e. The Hall–Kier alpha value is -3.63. The number of carbonyl (C=O) groups excluding carboxylic acids is 1. The number of amides is 1. The second-order valence-corrected chi connectivity index (χ2v) is 10.1. The molecule has 39 heavy (non-hydrogen) atoms. The first-order chi connectivity index (χ1) is 18.6. The molecule has 1 amide bonds. The minimum absolute atomic E-state index is 0.283. The fourth-order valence-corrected chi connectivity index (χ4v) is 5.19. The highest BCUT2D eigenvalue weighted by Crippen LogP contribution is 2.32. The van der Waals surface area contributed by atoms with Crippen molar-refractivity contribution in [1.82, 2.24) is 10.2 Å². The van der Waals surface area contributed by atoms with Crippen molar-refractivity contribution in [2.75, 3.05) is 43.0 Å². The topological polar surface area (TPSA) is 51.2 Å². The van der Waals surface area contributed by atoms with Gasteiger partial charge in [-0.15, -0.1) is 0 Å². The number of piperazine rings is 1. The molecule has 1 unspecified atom stereocenters. The van der Waals surface area contributed by atoms with Crippen molar-refractivity contribution in [1.29, 1.82) is 0 Å². The highest BCUT2D eigenvalue weighted by Gasteiger charge is 2.33. The molecule has 0 aromatic heterocycles. The molecular formula is C28H25ClF3N5OS. The average molecular weight is 572 g/mol. The Labute approximate surface area is 234 Å². The van der Waals surface area contributed by atoms with Crippen LogP contribution in [-0.2, 0) is 11.0 Å². The Bertz CT molecular complexity index is 1420. The summed E-state index contributed by atoms with van der Waals surface area (Å²) in [6.45, 7) is 1.90. The molecule has 11 heteroatoms. The van der Waals surface area contributed by atoms with Crippen LogP contribution in [0.25, 0.3) is 0 Å². The zero-order chi connectivity index (χ0) is 27.7. The quantitative estimate of drug-likeness (QED) is 0.438. The van der Waals surface area contributed by atoms with Crippen LogP contribution in [-0.4, -0.2) is 61.0 Å². The summed E-state index contributed by atoms with van der Waals surface area (Å²) in [4.78, 5) is 23.6. The maximum Gasteiger partial charge on any atom is 0.416 e. The van der Waals surface area contributed by atoms with E-state index in [2.05, 4.69) is 5.32 Å². The van der Waals surface area contributed by atoms with Gasteiger partial charge in [-0.25, -0.2) is 4.99 Å². The van der Waals surface area contributed by atoms with Gasteiger partial charge in [0.05, 0.1) is 17.0 Å². The van der Waals surface area contributed by atoms with Crippen molar-refractivity contribution in [3.63, 3.8) is 0 Å². The molecule has 1 N–H and O–H groups in total. The first kappa shape index (κ1) is 27.0. The van der Waals surface area contributed by atoms with E-state index in [1.54, 1.807) is 31.3 Å². The van der Waals surface area contributed by atoms with E-state index in [1.807, 2.05) is 40.1 Å². The number of halogens is 4. The molecule has 202 valence electrons. The van der Waals surface area contributed by atoms with E-state index in [4.69, 9.17) is 28.8 Å². The van der Waals surface area contributed by atoms with Gasteiger partial charge in [-0.05, 0) is 48.6 Å². The Morgan fingerprint density at radius 1 is 1.00 bits per heavy atom. The SMILES string of the molecule is CN1C(=O)C(NC(=S)N2CCN(c3cccc(C(F)(F)F)c3)CC2)N=C(c2ccccc2)c2cc(Cl)ccc21. The van der Waals surface area contributed by atoms with Crippen molar-refractivity contribution in [3.8, 4) is 0 Å². The van der Waals surface area contributed by atoms with Crippen molar-refractivity contribution < 1.29 is 18.0 Å². The van der Waals surface area contributed by atoms with Crippen LogP contribution in [0.2, 0.25) is 5.02 Å². The molecule has 5 rings (SSSR count). The average Bonchev–Trinajstić information content (AvgIpc) is 3.03. The van der Waals surface area contributed by atoms with Crippen LogP contribution >= 0.6 is 23.8 Å². The van der Waals surface area contributed by atoms with Gasteiger partial charge in [-0.1, -0.05) is 48.0 Å². The summed E-state index contributed by atoms with van der Waals surface area (Å²) in [5, 5.41) is 4.00. The number of alkyl halides is 3. The van der Waals surface area contributed by atoms with E-state index in [9.17, 15) is 18.0 Å². The van der Waals surface area contributed by atoms with Crippen molar-refractivity contribution >= 4 is 51.9 Å². The number of nitrogens with zero attached hydrogens (tertiary/aromatic N) is 4. The maximum atomic E-state index is 13.5. The molecule has 2 heterocycles. The molecule has 2 aliphatic rings. The van der Waals surface area contributed by atoms with Gasteiger partial charge in [-0.3, -0.25) is 4.79 Å². The molecule has 3 aromatic carbocycles. The number of hydrogen-bond donors (Lipinski definition) is 1. The highest BCUT2D eigenvalue weighted by atomic mass is 35.5. The van der Waals surface area contributed by atoms with Crippen LogP contribution in [0.15, 0.2) is 77.8 Å². The molecule has 3 aromatic rings. The second kappa shape index (κ2) is 10.9. The molecule has 6 nitrogen and oxygen atoms in total. The normalized spacial score (nSPS) is 17.9. The number of anilines is 2. The molecule has 0 spiro atoms. The van der Waals surface area contributed by atoms with Gasteiger partial charge in [0.15, 0.2) is 5.11 Å². The number of hydrogen-bond acceptors (Lipinski definition) is 4. The summed E-state index contributed by atoms with van der Waals surface area (Å²) in [7, 11) is 1.68. The number of likely N-dealkylation sites (N-methyl/N-ethyl adjacent to an activating group) is 1. The summed E-state index contributed by atoms with van der Waals surface area (Å²) >= 11 is 12.0. The molecule has 1 saturated heterocycles. The van der Waals surface area contributed by atoms with Crippen LogP contribution in [0.4, 0.5) is 24.5 Å². The third-order valence-electron chi connectivity index (χ3n) is 6.81. The molecule has 1 fully saturated rings. The fraction of sp³-hybridized carbons (Fsp3) is 0.250. The molecule has 1 atom stereocenters. The fourth-order valence-electron chi connectivity index (χ4n) is 4.72. The number of rotatable bonds is 3. The number of carbonyl (C=O) groups is 1. The Morgan fingerprint density at radius 2 is 1.72 bits per heavy atom. The Balaban J connectivity index is 1.34. The first-order valence-electron chi connectivity index (χ1n) is 12.3. The van der Waals surface area contributed by atoms with Crippen molar-refractivity contribution in [2.24, 2.45) is 4.99 Å². The van der Waals surface area contributed by atoms with E-state index in [1.165, 1.54) is 11.0 Å². The Kier molecular flexibility index (Phi) is 7.51. The van der Waals surface area contributed by atoms with Crippen molar-refractivity contribution in [2.45, 2.75) is 12.3 Å². The number of aliphatic imine (C=N–C) groups is 1. The van der Waals surface area contributed by atoms with Gasteiger partial charge in [0, 0.05) is 55.1 Å². The summed E-state index contributed by atoms with van der Waals surface area (Å²) in [5.41, 5.74) is 2.69. The monoisotopic (exact) mass is 571 g/mol. The lowest BCUT2D eigenvalue weighted by molar-refractivity contribution is -0.137. The highest BCUT2D eigenvalue weighted by molar-refractivity contribution is 7.80. The van der Waals surface area contributed by atoms with Crippen LogP contribution < -0.4 is 15.1 Å². The molecule has 0 aliphatic carbocycles. The maximum absolute atomic E-state index is 13.5. The first-order valence-corrected chi connectivity index (χ1v) is 13.1. The predicted octanol–water partition coefficient (Wildman–Crippen LogP) is 5.20. The lowest BCUT2D eigenvalue weighted by atomic mass is 10.0. The molecule has 0 saturated carbocycles. The standard InChI is InChI=1S/C28H25ClF3N5OS/c1-35-23-11-10-20(29)17-22(23)24(18-6-3-2-4-7-18)33-25(26(35)38)34-27(39)37-14-12-36(13-15-37)21-9-5-8-19(16-21)28(30,31)32/h2-11,16-17,25H,12-15H2,1H3,(H,34,39). The van der Waals surface area contributed by atoms with Crippen LogP contribution in [0.3, 0.4) is 0 Å². The van der Waals surface area contributed by atoms with Gasteiger partial charge in [0.1, 0.15) is 0 Å². The number of benzene rings is 3. The van der Waals surface area contributed by atoms with E-state index in [0.717, 1.165) is 23.3 Å². The third kappa shape index (κ3) is 5.72. The number of fused-ring (bicyclic) bond motifs is 1. The van der Waals surface area contributed by atoms with E-state index in [-0.39, 0.29) is 5.91 Å². The summed E-state index contributed by atoms with van der Waals surface area (Å²) in [6.07, 6.45) is -5.38. The lowest BCUT2D eigenvalue weighted by Gasteiger charge is -2.38. The largest absolute Gasteiger partial charge is 0.416 e. The summed E-state index contributed by atoms with van der Waals surface area (Å²) in [5.74, 6) is -0.283. The lowest BCUT2D eigenvalue weighted by Crippen LogP contribution is -2.55. The van der Waals surface area contributed by atoms with Gasteiger partial charge >= 0.3 is 6.18 Å². The zero-order valence-corrected chi connectivity index (χ0v) is 22.5. The van der Waals surface area contributed by atoms with Crippen LogP contribution in [0.1, 0.15) is 16.7 Å². The third-order valence-corrected chi connectivity index (χ3v) is 7.42. The van der Waals surface area contributed by atoms with Gasteiger partial charge in [0.2, 0.25) is 6.17 Å². The predicted molar refractivity (Wildman–Crippen MR) is 152 cm³/mol. The molecule has 0 bridgehead atoms. The van der Waals surface area contributed by atoms with Crippen molar-refractivity contribution in [3.05, 3.63) is 94.5 Å². The Morgan fingerprint density at radius 3 is 2.41 bits per heavy atom. The summed E-state index contributed by atoms with van der Waals surface area (Å²) < 4.78 is 39.5. The van der Waals surface area contributed by atoms with E-state index in [0.29, 0.717) is 53.4 Å². The zero-order valence-electron chi connectivity index (χ0n) is 21.0. The van der Waals surface area contributed by atoms with E-state index < -0.39 is 17.9 Å². The van der Waals surface area contributed by atoms with Gasteiger partial charge in [0.25, 0.3) is 5.91 Å². The molecular weight excluding hydrogens is 547 g/mol. The van der Waals surface area contributed by atoms with Crippen LogP contribution in [0.5, 0.6) is 0 Å². The second-order valence-electron chi connectivity index (χ2n) is 9.28. The van der Waals surface area contributed by atoms with Gasteiger partial charge in [-0.2, -0.15) is 13.2 Å².